The van der Waals surface area contributed by atoms with Crippen LogP contribution in [0.1, 0.15) is 15.9 Å². The number of aromatic carboxylic acids is 1. The van der Waals surface area contributed by atoms with Crippen molar-refractivity contribution in [3.63, 3.8) is 0 Å². The van der Waals surface area contributed by atoms with Gasteiger partial charge in [0.05, 0.1) is 18.9 Å². The normalized spacial score (nSPS) is 9.95. The molecule has 2 aromatic rings. The van der Waals surface area contributed by atoms with Crippen molar-refractivity contribution in [1.82, 2.24) is 4.98 Å². The topological polar surface area (TPSA) is 68.7 Å². The van der Waals surface area contributed by atoms with Crippen molar-refractivity contribution in [2.45, 2.75) is 6.61 Å². The Morgan fingerprint density at radius 1 is 1.26 bits per heavy atom. The molecular formula is C14H13NO4. The van der Waals surface area contributed by atoms with Gasteiger partial charge in [0.2, 0.25) is 0 Å². The highest BCUT2D eigenvalue weighted by molar-refractivity contribution is 5.87. The lowest BCUT2D eigenvalue weighted by molar-refractivity contribution is 0.0696. The summed E-state index contributed by atoms with van der Waals surface area (Å²) in [7, 11) is 1.60. The average molecular weight is 259 g/mol. The number of hydrogen-bond acceptors (Lipinski definition) is 4. The molecule has 0 saturated heterocycles. The quantitative estimate of drug-likeness (QED) is 0.892. The van der Waals surface area contributed by atoms with E-state index in [-0.39, 0.29) is 5.56 Å². The Morgan fingerprint density at radius 2 is 2.11 bits per heavy atom. The number of hydrogen-bond donors (Lipinski definition) is 1. The van der Waals surface area contributed by atoms with E-state index < -0.39 is 5.97 Å². The first-order valence-corrected chi connectivity index (χ1v) is 5.63. The fourth-order valence-corrected chi connectivity index (χ4v) is 1.54. The molecule has 2 rings (SSSR count). The maximum absolute atomic E-state index is 10.8. The molecule has 1 aromatic carbocycles. The van der Waals surface area contributed by atoms with E-state index in [9.17, 15) is 4.79 Å². The summed E-state index contributed by atoms with van der Waals surface area (Å²) in [6.45, 7) is 0.321. The number of aromatic nitrogens is 1. The molecule has 0 amide bonds. The molecular weight excluding hydrogens is 246 g/mol. The summed E-state index contributed by atoms with van der Waals surface area (Å²) in [5.74, 6) is 0.139. The summed E-state index contributed by atoms with van der Waals surface area (Å²) < 4.78 is 10.6. The molecule has 0 fully saturated rings. The average Bonchev–Trinajstić information content (AvgIpc) is 2.45. The summed E-state index contributed by atoms with van der Waals surface area (Å²) in [6, 6.07) is 8.90. The number of nitrogens with zero attached hydrogens (tertiary/aromatic N) is 1. The van der Waals surface area contributed by atoms with Gasteiger partial charge in [-0.2, -0.15) is 0 Å². The Morgan fingerprint density at radius 3 is 2.84 bits per heavy atom. The maximum atomic E-state index is 10.8. The van der Waals surface area contributed by atoms with Crippen molar-refractivity contribution in [3.8, 4) is 11.5 Å². The lowest BCUT2D eigenvalue weighted by Gasteiger charge is -2.07. The molecule has 19 heavy (non-hydrogen) atoms. The highest BCUT2D eigenvalue weighted by atomic mass is 16.5. The van der Waals surface area contributed by atoms with Gasteiger partial charge in [0.25, 0.3) is 0 Å². The number of carbonyl (C=O) groups is 1. The Balaban J connectivity index is 2.05. The molecule has 0 atom stereocenters. The van der Waals surface area contributed by atoms with Crippen molar-refractivity contribution in [3.05, 3.63) is 53.9 Å². The van der Waals surface area contributed by atoms with Gasteiger partial charge in [-0.05, 0) is 23.8 Å². The lowest BCUT2D eigenvalue weighted by Crippen LogP contribution is -2.00. The van der Waals surface area contributed by atoms with Crippen LogP contribution < -0.4 is 9.47 Å². The highest BCUT2D eigenvalue weighted by Gasteiger charge is 2.05. The second-order valence-electron chi connectivity index (χ2n) is 3.85. The molecule has 98 valence electrons. The van der Waals surface area contributed by atoms with Crippen LogP contribution in [0.3, 0.4) is 0 Å². The van der Waals surface area contributed by atoms with Gasteiger partial charge in [-0.15, -0.1) is 0 Å². The van der Waals surface area contributed by atoms with Gasteiger partial charge in [-0.25, -0.2) is 4.79 Å². The number of rotatable bonds is 5. The Bertz CT molecular complexity index is 583. The standard InChI is InChI=1S/C14H13NO4/c1-18-12-4-2-3-10(5-12)9-19-13-6-11(14(16)17)7-15-8-13/h2-8H,9H2,1H3,(H,16,17). The van der Waals surface area contributed by atoms with Crippen LogP contribution in [0, 0.1) is 0 Å². The van der Waals surface area contributed by atoms with Crippen LogP contribution in [0.4, 0.5) is 0 Å². The minimum absolute atomic E-state index is 0.100. The summed E-state index contributed by atoms with van der Waals surface area (Å²) in [6.07, 6.45) is 2.76. The van der Waals surface area contributed by atoms with E-state index in [1.54, 1.807) is 7.11 Å². The fraction of sp³-hybridized carbons (Fsp3) is 0.143. The number of methoxy groups -OCH3 is 1. The molecule has 1 heterocycles. The van der Waals surface area contributed by atoms with E-state index >= 15 is 0 Å². The van der Waals surface area contributed by atoms with Gasteiger partial charge in [-0.1, -0.05) is 12.1 Å². The van der Waals surface area contributed by atoms with Crippen molar-refractivity contribution >= 4 is 5.97 Å². The largest absolute Gasteiger partial charge is 0.497 e. The monoisotopic (exact) mass is 259 g/mol. The molecule has 0 spiro atoms. The third-order valence-corrected chi connectivity index (χ3v) is 2.50. The van der Waals surface area contributed by atoms with Crippen molar-refractivity contribution in [1.29, 1.82) is 0 Å². The SMILES string of the molecule is COc1cccc(COc2cncc(C(=O)O)c2)c1. The first kappa shape index (κ1) is 12.9. The van der Waals surface area contributed by atoms with Gasteiger partial charge >= 0.3 is 5.97 Å². The number of benzene rings is 1. The fourth-order valence-electron chi connectivity index (χ4n) is 1.54. The van der Waals surface area contributed by atoms with Crippen LogP contribution in [0.15, 0.2) is 42.7 Å². The number of carboxylic acids is 1. The van der Waals surface area contributed by atoms with Crippen molar-refractivity contribution in [2.24, 2.45) is 0 Å². The lowest BCUT2D eigenvalue weighted by atomic mass is 10.2. The van der Waals surface area contributed by atoms with Crippen LogP contribution in [0.5, 0.6) is 11.5 Å². The summed E-state index contributed by atoms with van der Waals surface area (Å²) in [5.41, 5.74) is 1.03. The van der Waals surface area contributed by atoms with Crippen LogP contribution in [-0.4, -0.2) is 23.2 Å². The molecule has 1 aromatic heterocycles. The van der Waals surface area contributed by atoms with E-state index in [4.69, 9.17) is 14.6 Å². The molecule has 0 aliphatic rings. The van der Waals surface area contributed by atoms with E-state index in [1.165, 1.54) is 18.5 Å². The van der Waals surface area contributed by atoms with E-state index in [0.29, 0.717) is 12.4 Å². The Hall–Kier alpha value is -2.56. The third kappa shape index (κ3) is 3.45. The molecule has 5 heteroatoms. The maximum Gasteiger partial charge on any atom is 0.337 e. The summed E-state index contributed by atoms with van der Waals surface area (Å²) in [4.78, 5) is 14.6. The zero-order chi connectivity index (χ0) is 13.7. The number of carboxylic acid groups (broad SMARTS) is 1. The van der Waals surface area contributed by atoms with Crippen LogP contribution >= 0.6 is 0 Å². The van der Waals surface area contributed by atoms with Crippen LogP contribution in [-0.2, 0) is 6.61 Å². The molecule has 0 bridgehead atoms. The minimum Gasteiger partial charge on any atom is -0.497 e. The first-order chi connectivity index (χ1) is 9.19. The van der Waals surface area contributed by atoms with Crippen LogP contribution in [0.2, 0.25) is 0 Å². The molecule has 0 unspecified atom stereocenters. The number of pyridine rings is 1. The molecule has 0 aliphatic carbocycles. The predicted octanol–water partition coefficient (Wildman–Crippen LogP) is 2.37. The molecule has 0 saturated carbocycles. The number of ether oxygens (including phenoxy) is 2. The summed E-state index contributed by atoms with van der Waals surface area (Å²) >= 11 is 0. The molecule has 5 nitrogen and oxygen atoms in total. The van der Waals surface area contributed by atoms with E-state index in [1.807, 2.05) is 24.3 Å². The van der Waals surface area contributed by atoms with Crippen LogP contribution in [0.25, 0.3) is 0 Å². The molecule has 0 radical (unpaired) electrons. The smallest absolute Gasteiger partial charge is 0.337 e. The minimum atomic E-state index is -1.03. The zero-order valence-corrected chi connectivity index (χ0v) is 10.4. The van der Waals surface area contributed by atoms with E-state index in [0.717, 1.165) is 11.3 Å². The van der Waals surface area contributed by atoms with Crippen molar-refractivity contribution < 1.29 is 19.4 Å². The Kier molecular flexibility index (Phi) is 3.97. The van der Waals surface area contributed by atoms with Gasteiger partial charge in [0, 0.05) is 6.20 Å². The molecule has 0 aliphatic heterocycles. The second-order valence-corrected chi connectivity index (χ2v) is 3.85. The van der Waals surface area contributed by atoms with Gasteiger partial charge < -0.3 is 14.6 Å². The Labute approximate surface area is 110 Å². The predicted molar refractivity (Wildman–Crippen MR) is 68.5 cm³/mol. The zero-order valence-electron chi connectivity index (χ0n) is 10.4. The highest BCUT2D eigenvalue weighted by Crippen LogP contribution is 2.16. The molecule has 1 N–H and O–H groups in total. The van der Waals surface area contributed by atoms with Gasteiger partial charge in [0.1, 0.15) is 18.1 Å². The van der Waals surface area contributed by atoms with Crippen molar-refractivity contribution in [2.75, 3.05) is 7.11 Å². The summed E-state index contributed by atoms with van der Waals surface area (Å²) in [5, 5.41) is 8.85. The third-order valence-electron chi connectivity index (χ3n) is 2.50. The first-order valence-electron chi connectivity index (χ1n) is 5.63. The van der Waals surface area contributed by atoms with Gasteiger partial charge in [0.15, 0.2) is 0 Å². The van der Waals surface area contributed by atoms with Gasteiger partial charge in [-0.3, -0.25) is 4.98 Å². The van der Waals surface area contributed by atoms with E-state index in [2.05, 4.69) is 4.98 Å². The second kappa shape index (κ2) is 5.86.